The zero-order chi connectivity index (χ0) is 9.78. The van der Waals surface area contributed by atoms with Crippen LogP contribution in [-0.2, 0) is 0 Å². The van der Waals surface area contributed by atoms with Crippen LogP contribution in [0.4, 0.5) is 0 Å². The first-order valence-corrected chi connectivity index (χ1v) is 4.75. The summed E-state index contributed by atoms with van der Waals surface area (Å²) in [5.74, 6) is 0. The molecule has 13 heavy (non-hydrogen) atoms. The minimum atomic E-state index is 0.611. The average Bonchev–Trinajstić information content (AvgIpc) is 2.16. The summed E-state index contributed by atoms with van der Waals surface area (Å²) in [4.78, 5) is 0. The molecule has 0 aliphatic heterocycles. The van der Waals surface area contributed by atoms with Crippen molar-refractivity contribution >= 4 is 0 Å². The third kappa shape index (κ3) is 10.7. The molecular weight excluding hydrogens is 158 g/mol. The monoisotopic (exact) mass is 175 g/mol. The van der Waals surface area contributed by atoms with Crippen LogP contribution in [0.5, 0.6) is 0 Å². The largest absolute Gasteiger partial charge is 0.198 e. The summed E-state index contributed by atoms with van der Waals surface area (Å²) in [5.41, 5.74) is 0. The summed E-state index contributed by atoms with van der Waals surface area (Å²) in [5, 5.41) is 8.26. The van der Waals surface area contributed by atoms with Crippen LogP contribution in [0.3, 0.4) is 0 Å². The lowest BCUT2D eigenvalue weighted by atomic mass is 10.3. The van der Waals surface area contributed by atoms with Crippen LogP contribution in [0, 0.1) is 11.3 Å². The van der Waals surface area contributed by atoms with Gasteiger partial charge in [0.1, 0.15) is 0 Å². The molecule has 0 aliphatic carbocycles. The Balaban J connectivity index is 3.36. The molecule has 0 atom stereocenters. The van der Waals surface area contributed by atoms with E-state index >= 15 is 0 Å². The van der Waals surface area contributed by atoms with E-state index in [0.29, 0.717) is 6.42 Å². The highest BCUT2D eigenvalue weighted by Gasteiger charge is 1.74. The highest BCUT2D eigenvalue weighted by molar-refractivity contribution is 5.05. The number of unbranched alkanes of at least 4 members (excludes halogenated alkanes) is 1. The van der Waals surface area contributed by atoms with Crippen LogP contribution in [-0.4, -0.2) is 0 Å². The molecule has 0 heterocycles. The average molecular weight is 175 g/mol. The van der Waals surface area contributed by atoms with Gasteiger partial charge in [-0.3, -0.25) is 0 Å². The maximum absolute atomic E-state index is 8.26. The molecule has 0 amide bonds. The molecule has 0 bridgehead atoms. The Bertz CT molecular complexity index is 216. The summed E-state index contributed by atoms with van der Waals surface area (Å²) in [6.45, 7) is 2.13. The van der Waals surface area contributed by atoms with Gasteiger partial charge in [0.2, 0.25) is 0 Å². The predicted molar refractivity (Wildman–Crippen MR) is 57.2 cm³/mol. The molecule has 0 aromatic heterocycles. The van der Waals surface area contributed by atoms with Crippen molar-refractivity contribution in [3.63, 3.8) is 0 Å². The number of allylic oxidation sites excluding steroid dienone is 6. The normalized spacial score (nSPS) is 11.7. The van der Waals surface area contributed by atoms with Crippen molar-refractivity contribution in [2.45, 2.75) is 32.6 Å². The van der Waals surface area contributed by atoms with Gasteiger partial charge in [0.25, 0.3) is 0 Å². The van der Waals surface area contributed by atoms with Gasteiger partial charge >= 0.3 is 0 Å². The maximum Gasteiger partial charge on any atom is 0.0625 e. The zero-order valence-corrected chi connectivity index (χ0v) is 8.24. The number of hydrogen-bond donors (Lipinski definition) is 0. The van der Waals surface area contributed by atoms with E-state index in [4.69, 9.17) is 5.26 Å². The van der Waals surface area contributed by atoms with Crippen molar-refractivity contribution in [2.75, 3.05) is 0 Å². The van der Waals surface area contributed by atoms with Gasteiger partial charge in [-0.15, -0.1) is 0 Å². The highest BCUT2D eigenvalue weighted by atomic mass is 14.2. The zero-order valence-electron chi connectivity index (χ0n) is 8.24. The molecule has 0 saturated carbocycles. The van der Waals surface area contributed by atoms with Gasteiger partial charge in [0, 0.05) is 6.42 Å². The maximum atomic E-state index is 8.26. The SMILES string of the molecule is CC/C=C/C/C=C/C=C/CCC#N. The molecule has 0 saturated heterocycles. The molecule has 0 N–H and O–H groups in total. The summed E-state index contributed by atoms with van der Waals surface area (Å²) in [6, 6.07) is 2.10. The minimum Gasteiger partial charge on any atom is -0.198 e. The first-order valence-electron chi connectivity index (χ1n) is 4.75. The summed E-state index contributed by atoms with van der Waals surface area (Å²) in [6.07, 6.45) is 16.0. The molecule has 0 rings (SSSR count). The molecule has 0 spiro atoms. The van der Waals surface area contributed by atoms with Gasteiger partial charge in [-0.1, -0.05) is 43.4 Å². The van der Waals surface area contributed by atoms with E-state index < -0.39 is 0 Å². The highest BCUT2D eigenvalue weighted by Crippen LogP contribution is 1.91. The molecule has 0 aromatic carbocycles. The standard InChI is InChI=1S/C12H17N/c1-2-3-4-5-6-7-8-9-10-11-12-13/h3-4,6-9H,2,5,10-11H2,1H3/b4-3+,7-6+,9-8+. The van der Waals surface area contributed by atoms with Crippen molar-refractivity contribution in [3.8, 4) is 6.07 Å². The molecule has 0 aromatic rings. The van der Waals surface area contributed by atoms with Crippen LogP contribution < -0.4 is 0 Å². The fourth-order valence-corrected chi connectivity index (χ4v) is 0.821. The van der Waals surface area contributed by atoms with Crippen LogP contribution >= 0.6 is 0 Å². The fraction of sp³-hybridized carbons (Fsp3) is 0.417. The lowest BCUT2D eigenvalue weighted by molar-refractivity contribution is 1.06. The Morgan fingerprint density at radius 2 is 1.85 bits per heavy atom. The van der Waals surface area contributed by atoms with Crippen molar-refractivity contribution in [3.05, 3.63) is 36.5 Å². The summed E-state index contributed by atoms with van der Waals surface area (Å²) < 4.78 is 0. The number of hydrogen-bond acceptors (Lipinski definition) is 1. The van der Waals surface area contributed by atoms with E-state index in [1.54, 1.807) is 0 Å². The smallest absolute Gasteiger partial charge is 0.0625 e. The Morgan fingerprint density at radius 3 is 2.54 bits per heavy atom. The van der Waals surface area contributed by atoms with Gasteiger partial charge in [0.05, 0.1) is 6.07 Å². The first-order chi connectivity index (χ1) is 6.41. The van der Waals surface area contributed by atoms with Gasteiger partial charge in [0.15, 0.2) is 0 Å². The van der Waals surface area contributed by atoms with Gasteiger partial charge in [-0.05, 0) is 19.3 Å². The van der Waals surface area contributed by atoms with Crippen LogP contribution in [0.15, 0.2) is 36.5 Å². The van der Waals surface area contributed by atoms with E-state index in [1.165, 1.54) is 0 Å². The van der Waals surface area contributed by atoms with Crippen LogP contribution in [0.1, 0.15) is 32.6 Å². The van der Waals surface area contributed by atoms with E-state index in [1.807, 2.05) is 18.2 Å². The predicted octanol–water partition coefficient (Wildman–Crippen LogP) is 3.76. The topological polar surface area (TPSA) is 23.8 Å². The fourth-order valence-electron chi connectivity index (χ4n) is 0.821. The van der Waals surface area contributed by atoms with Crippen molar-refractivity contribution in [1.29, 1.82) is 5.26 Å². The third-order valence-corrected chi connectivity index (χ3v) is 1.48. The second-order valence-corrected chi connectivity index (χ2v) is 2.67. The molecule has 1 heteroatoms. The second kappa shape index (κ2) is 10.7. The minimum absolute atomic E-state index is 0.611. The van der Waals surface area contributed by atoms with Gasteiger partial charge in [-0.2, -0.15) is 5.26 Å². The number of nitriles is 1. The van der Waals surface area contributed by atoms with E-state index in [0.717, 1.165) is 19.3 Å². The van der Waals surface area contributed by atoms with Crippen molar-refractivity contribution < 1.29 is 0 Å². The molecule has 0 radical (unpaired) electrons. The van der Waals surface area contributed by atoms with Gasteiger partial charge in [-0.25, -0.2) is 0 Å². The Kier molecular flexibility index (Phi) is 9.65. The van der Waals surface area contributed by atoms with E-state index in [2.05, 4.69) is 31.2 Å². The van der Waals surface area contributed by atoms with Crippen molar-refractivity contribution in [1.82, 2.24) is 0 Å². The van der Waals surface area contributed by atoms with Crippen molar-refractivity contribution in [2.24, 2.45) is 0 Å². The molecule has 70 valence electrons. The Labute approximate surface area is 81.1 Å². The van der Waals surface area contributed by atoms with Gasteiger partial charge < -0.3 is 0 Å². The van der Waals surface area contributed by atoms with Crippen LogP contribution in [0.2, 0.25) is 0 Å². The lowest BCUT2D eigenvalue weighted by Crippen LogP contribution is -1.62. The lowest BCUT2D eigenvalue weighted by Gasteiger charge is -1.81. The van der Waals surface area contributed by atoms with E-state index in [9.17, 15) is 0 Å². The first kappa shape index (κ1) is 11.7. The molecule has 0 fully saturated rings. The van der Waals surface area contributed by atoms with Crippen LogP contribution in [0.25, 0.3) is 0 Å². The third-order valence-electron chi connectivity index (χ3n) is 1.48. The Morgan fingerprint density at radius 1 is 1.08 bits per heavy atom. The molecular formula is C12H17N. The summed E-state index contributed by atoms with van der Waals surface area (Å²) in [7, 11) is 0. The Hall–Kier alpha value is -1.29. The molecule has 0 aliphatic rings. The quantitative estimate of drug-likeness (QED) is 0.342. The molecule has 1 nitrogen and oxygen atoms in total. The second-order valence-electron chi connectivity index (χ2n) is 2.67. The van der Waals surface area contributed by atoms with E-state index in [-0.39, 0.29) is 0 Å². The molecule has 0 unspecified atom stereocenters. The number of nitrogens with zero attached hydrogens (tertiary/aromatic N) is 1. The number of rotatable bonds is 6. The summed E-state index contributed by atoms with van der Waals surface area (Å²) >= 11 is 0.